The lowest BCUT2D eigenvalue weighted by Crippen LogP contribution is -2.43. The van der Waals surface area contributed by atoms with Crippen LogP contribution in [0.4, 0.5) is 0 Å². The molecule has 1 fully saturated rings. The van der Waals surface area contributed by atoms with E-state index in [0.29, 0.717) is 5.92 Å². The van der Waals surface area contributed by atoms with Crippen molar-refractivity contribution < 1.29 is 8.42 Å². The summed E-state index contributed by atoms with van der Waals surface area (Å²) in [6, 6.07) is 7.54. The van der Waals surface area contributed by atoms with Crippen molar-refractivity contribution in [2.24, 2.45) is 5.73 Å². The Hall–Kier alpha value is -0.870. The van der Waals surface area contributed by atoms with Crippen molar-refractivity contribution in [2.75, 3.05) is 6.26 Å². The second kappa shape index (κ2) is 4.91. The maximum Gasteiger partial charge on any atom is 0.154 e. The Balaban J connectivity index is 2.41. The minimum Gasteiger partial charge on any atom is -0.323 e. The molecule has 3 nitrogen and oxygen atoms in total. The molecular weight excluding hydrogens is 258 g/mol. The first-order chi connectivity index (χ1) is 8.75. The van der Waals surface area contributed by atoms with Gasteiger partial charge in [0.25, 0.3) is 0 Å². The fraction of sp³-hybridized carbons (Fsp3) is 0.600. The van der Waals surface area contributed by atoms with Gasteiger partial charge in [-0.2, -0.15) is 0 Å². The number of nitrogens with two attached hydrogens (primary N) is 1. The Morgan fingerprint density at radius 3 is 2.32 bits per heavy atom. The minimum atomic E-state index is -3.21. The molecule has 0 aliphatic heterocycles. The molecule has 1 aromatic rings. The van der Waals surface area contributed by atoms with E-state index in [2.05, 4.69) is 6.07 Å². The van der Waals surface area contributed by atoms with Gasteiger partial charge in [-0.15, -0.1) is 0 Å². The van der Waals surface area contributed by atoms with Crippen molar-refractivity contribution in [3.63, 3.8) is 0 Å². The third-order valence-corrected chi connectivity index (χ3v) is 6.75. The fourth-order valence-electron chi connectivity index (χ4n) is 2.49. The van der Waals surface area contributed by atoms with Crippen molar-refractivity contribution in [1.29, 1.82) is 0 Å². The summed E-state index contributed by atoms with van der Waals surface area (Å²) in [6.07, 6.45) is 4.88. The lowest BCUT2D eigenvalue weighted by Gasteiger charge is -2.35. The molecule has 0 spiro atoms. The first-order valence-corrected chi connectivity index (χ1v) is 8.68. The van der Waals surface area contributed by atoms with Gasteiger partial charge in [0.15, 0.2) is 9.84 Å². The van der Waals surface area contributed by atoms with Gasteiger partial charge in [0.05, 0.1) is 4.75 Å². The van der Waals surface area contributed by atoms with E-state index in [1.807, 2.05) is 18.2 Å². The summed E-state index contributed by atoms with van der Waals surface area (Å²) in [7, 11) is -3.21. The lowest BCUT2D eigenvalue weighted by atomic mass is 9.76. The van der Waals surface area contributed by atoms with Crippen LogP contribution < -0.4 is 5.73 Å². The second-order valence-corrected chi connectivity index (χ2v) is 8.71. The van der Waals surface area contributed by atoms with E-state index in [1.54, 1.807) is 13.8 Å². The van der Waals surface area contributed by atoms with Crippen molar-refractivity contribution >= 4 is 9.84 Å². The molecule has 2 rings (SSSR count). The van der Waals surface area contributed by atoms with E-state index in [9.17, 15) is 8.42 Å². The molecule has 0 heterocycles. The molecular formula is C15H23NO2S. The van der Waals surface area contributed by atoms with Crippen LogP contribution in [0.1, 0.15) is 56.2 Å². The zero-order valence-corrected chi connectivity index (χ0v) is 12.7. The van der Waals surface area contributed by atoms with Gasteiger partial charge in [0, 0.05) is 12.3 Å². The predicted molar refractivity (Wildman–Crippen MR) is 78.9 cm³/mol. The molecule has 0 saturated heterocycles. The molecule has 1 aromatic carbocycles. The summed E-state index contributed by atoms with van der Waals surface area (Å²) in [5, 5.41) is 0. The smallest absolute Gasteiger partial charge is 0.154 e. The standard InChI is InChI=1S/C15H23NO2S/c1-15(2,19(3,17)18)14(16)13-10-5-4-9-12(13)11-7-6-8-11/h4-5,9-11,14H,6-8,16H2,1-3H3. The molecule has 0 bridgehead atoms. The van der Waals surface area contributed by atoms with Crippen LogP contribution in [0.3, 0.4) is 0 Å². The van der Waals surface area contributed by atoms with E-state index in [0.717, 1.165) is 5.56 Å². The van der Waals surface area contributed by atoms with Crippen LogP contribution in [0.2, 0.25) is 0 Å². The maximum absolute atomic E-state index is 12.0. The van der Waals surface area contributed by atoms with Gasteiger partial charge in [-0.3, -0.25) is 0 Å². The van der Waals surface area contributed by atoms with Crippen LogP contribution in [-0.4, -0.2) is 19.4 Å². The Kier molecular flexibility index (Phi) is 3.76. The van der Waals surface area contributed by atoms with Crippen molar-refractivity contribution in [1.82, 2.24) is 0 Å². The van der Waals surface area contributed by atoms with E-state index in [-0.39, 0.29) is 0 Å². The first-order valence-electron chi connectivity index (χ1n) is 6.79. The average molecular weight is 281 g/mol. The van der Waals surface area contributed by atoms with E-state index >= 15 is 0 Å². The van der Waals surface area contributed by atoms with Gasteiger partial charge in [-0.1, -0.05) is 30.7 Å². The highest BCUT2D eigenvalue weighted by atomic mass is 32.2. The second-order valence-electron chi connectivity index (χ2n) is 6.11. The van der Waals surface area contributed by atoms with E-state index < -0.39 is 20.6 Å². The number of benzene rings is 1. The molecule has 1 saturated carbocycles. The van der Waals surface area contributed by atoms with Gasteiger partial charge in [-0.05, 0) is 43.7 Å². The summed E-state index contributed by atoms with van der Waals surface area (Å²) in [6.45, 7) is 3.43. The normalized spacial score (nSPS) is 18.9. The average Bonchev–Trinajstić information content (AvgIpc) is 2.25. The van der Waals surface area contributed by atoms with Crippen LogP contribution in [0.5, 0.6) is 0 Å². The third-order valence-electron chi connectivity index (χ3n) is 4.58. The van der Waals surface area contributed by atoms with Crippen LogP contribution in [0, 0.1) is 0 Å². The molecule has 1 aliphatic rings. The number of rotatable bonds is 4. The number of sulfone groups is 1. The Labute approximate surface area is 116 Å². The molecule has 0 amide bonds. The van der Waals surface area contributed by atoms with Gasteiger partial charge < -0.3 is 5.73 Å². The third kappa shape index (κ3) is 2.56. The highest BCUT2D eigenvalue weighted by Gasteiger charge is 2.39. The summed E-state index contributed by atoms with van der Waals surface area (Å²) in [4.78, 5) is 0. The molecule has 4 heteroatoms. The molecule has 106 valence electrons. The predicted octanol–water partition coefficient (Wildman–Crippen LogP) is 2.78. The maximum atomic E-state index is 12.0. The van der Waals surface area contributed by atoms with Gasteiger partial charge >= 0.3 is 0 Å². The van der Waals surface area contributed by atoms with Crippen LogP contribution >= 0.6 is 0 Å². The van der Waals surface area contributed by atoms with Crippen LogP contribution in [-0.2, 0) is 9.84 Å². The number of hydrogen-bond acceptors (Lipinski definition) is 3. The zero-order chi connectivity index (χ0) is 14.3. The van der Waals surface area contributed by atoms with E-state index in [1.165, 1.54) is 31.1 Å². The quantitative estimate of drug-likeness (QED) is 0.923. The Bertz CT molecular complexity index is 559. The van der Waals surface area contributed by atoms with Gasteiger partial charge in [-0.25, -0.2) is 8.42 Å². The largest absolute Gasteiger partial charge is 0.323 e. The number of hydrogen-bond donors (Lipinski definition) is 1. The van der Waals surface area contributed by atoms with Crippen molar-refractivity contribution in [3.05, 3.63) is 35.4 Å². The molecule has 2 N–H and O–H groups in total. The molecule has 19 heavy (non-hydrogen) atoms. The summed E-state index contributed by atoms with van der Waals surface area (Å²) in [5.41, 5.74) is 8.52. The summed E-state index contributed by atoms with van der Waals surface area (Å²) >= 11 is 0. The summed E-state index contributed by atoms with van der Waals surface area (Å²) < 4.78 is 23.0. The molecule has 1 atom stereocenters. The zero-order valence-electron chi connectivity index (χ0n) is 11.9. The minimum absolute atomic E-state index is 0.487. The molecule has 1 unspecified atom stereocenters. The van der Waals surface area contributed by atoms with E-state index in [4.69, 9.17) is 5.73 Å². The Morgan fingerprint density at radius 1 is 1.26 bits per heavy atom. The molecule has 0 aromatic heterocycles. The summed E-state index contributed by atoms with van der Waals surface area (Å²) in [5.74, 6) is 0.553. The SMILES string of the molecule is CC(C)(C(N)c1ccccc1C1CCC1)S(C)(=O)=O. The van der Waals surface area contributed by atoms with Gasteiger partial charge in [0.1, 0.15) is 0 Å². The lowest BCUT2D eigenvalue weighted by molar-refractivity contribution is 0.410. The van der Waals surface area contributed by atoms with Crippen LogP contribution in [0.25, 0.3) is 0 Å². The topological polar surface area (TPSA) is 60.2 Å². The fourth-order valence-corrected chi connectivity index (χ4v) is 3.08. The molecule has 1 aliphatic carbocycles. The highest BCUT2D eigenvalue weighted by molar-refractivity contribution is 7.92. The molecule has 0 radical (unpaired) electrons. The Morgan fingerprint density at radius 2 is 1.84 bits per heavy atom. The first kappa shape index (κ1) is 14.5. The monoisotopic (exact) mass is 281 g/mol. The van der Waals surface area contributed by atoms with Crippen LogP contribution in [0.15, 0.2) is 24.3 Å². The van der Waals surface area contributed by atoms with Gasteiger partial charge in [0.2, 0.25) is 0 Å². The highest BCUT2D eigenvalue weighted by Crippen LogP contribution is 2.41. The van der Waals surface area contributed by atoms with Crippen molar-refractivity contribution in [3.8, 4) is 0 Å². The van der Waals surface area contributed by atoms with Crippen molar-refractivity contribution in [2.45, 2.75) is 49.8 Å².